The van der Waals surface area contributed by atoms with E-state index in [2.05, 4.69) is 0 Å². The summed E-state index contributed by atoms with van der Waals surface area (Å²) in [6.45, 7) is 0. The normalized spacial score (nSPS) is 8.62. The van der Waals surface area contributed by atoms with Gasteiger partial charge in [0.1, 0.15) is 0 Å². The second-order valence-corrected chi connectivity index (χ2v) is 1.79. The van der Waals surface area contributed by atoms with Crippen LogP contribution in [0.4, 0.5) is 21.4 Å². The average molecular weight is 147 g/mol. The number of halogens is 5. The lowest BCUT2D eigenvalue weighted by molar-refractivity contribution is 0.385. The molecule has 0 unspecified atom stereocenters. The van der Waals surface area contributed by atoms with Crippen molar-refractivity contribution in [2.45, 2.75) is 0 Å². The van der Waals surface area contributed by atoms with E-state index in [0.717, 1.165) is 0 Å². The molecule has 0 saturated carbocycles. The fourth-order valence-electron chi connectivity index (χ4n) is 0.0714. The summed E-state index contributed by atoms with van der Waals surface area (Å²) in [4.78, 5) is 0. The van der Waals surface area contributed by atoms with Crippen LogP contribution >= 0.6 is 0 Å². The monoisotopic (exact) mass is 147 g/mol. The molecular weight excluding hydrogens is 147 g/mol. The van der Waals surface area contributed by atoms with Crippen molar-refractivity contribution in [3.8, 4) is 0 Å². The van der Waals surface area contributed by atoms with Crippen LogP contribution < -0.4 is 0 Å². The lowest BCUT2D eigenvalue weighted by Crippen LogP contribution is -1.97. The Bertz CT molecular complexity index is 103. The Balaban J connectivity index is 4.00. The number of hydrogen-bond donors (Lipinski definition) is 0. The minimum absolute atomic E-state index is 2.55. The van der Waals surface area contributed by atoms with Crippen molar-refractivity contribution < 1.29 is 21.4 Å². The van der Waals surface area contributed by atoms with Crippen molar-refractivity contribution in [3.63, 3.8) is 0 Å². The summed E-state index contributed by atoms with van der Waals surface area (Å²) in [5, 5.41) is 0. The van der Waals surface area contributed by atoms with Crippen molar-refractivity contribution >= 4 is 9.46 Å². The van der Waals surface area contributed by atoms with E-state index in [9.17, 15) is 21.4 Å². The second-order valence-electron chi connectivity index (χ2n) is 0.835. The van der Waals surface area contributed by atoms with Crippen molar-refractivity contribution in [1.29, 1.82) is 0 Å². The van der Waals surface area contributed by atoms with Gasteiger partial charge in [0.05, 0.1) is 0 Å². The summed E-state index contributed by atoms with van der Waals surface area (Å²) < 4.78 is 54.3. The standard InChI is InChI=1S/C2F5Si/c3-1(4)2(5)8(6)7/q+1. The molecule has 0 bridgehead atoms. The molecule has 0 aromatic carbocycles. The van der Waals surface area contributed by atoms with Crippen LogP contribution in [0.5, 0.6) is 0 Å². The molecule has 0 atom stereocenters. The fraction of sp³-hybridized carbons (Fsp3) is 0. The van der Waals surface area contributed by atoms with Gasteiger partial charge in [-0.15, -0.1) is 0 Å². The molecule has 0 heterocycles. The molecule has 46 valence electrons. The van der Waals surface area contributed by atoms with Crippen LogP contribution in [0.3, 0.4) is 0 Å². The van der Waals surface area contributed by atoms with E-state index >= 15 is 0 Å². The van der Waals surface area contributed by atoms with Crippen LogP contribution in [0.2, 0.25) is 0 Å². The molecule has 0 amide bonds. The molecule has 0 aliphatic carbocycles. The Labute approximate surface area is 43.6 Å². The van der Waals surface area contributed by atoms with E-state index in [1.165, 1.54) is 0 Å². The van der Waals surface area contributed by atoms with Gasteiger partial charge in [0, 0.05) is 0 Å². The lowest BCUT2D eigenvalue weighted by Gasteiger charge is -1.70. The lowest BCUT2D eigenvalue weighted by atomic mass is 11.1. The highest BCUT2D eigenvalue weighted by Crippen LogP contribution is 2.13. The van der Waals surface area contributed by atoms with Gasteiger partial charge < -0.3 is 0 Å². The Kier molecular flexibility index (Phi) is 2.67. The van der Waals surface area contributed by atoms with E-state index in [1.54, 1.807) is 0 Å². The maximum atomic E-state index is 11.1. The first-order valence-corrected chi connectivity index (χ1v) is 2.70. The van der Waals surface area contributed by atoms with Crippen molar-refractivity contribution in [2.75, 3.05) is 0 Å². The zero-order chi connectivity index (χ0) is 6.73. The second kappa shape index (κ2) is 2.80. The summed E-state index contributed by atoms with van der Waals surface area (Å²) >= 11 is 0. The summed E-state index contributed by atoms with van der Waals surface area (Å²) in [5.41, 5.74) is -2.55. The van der Waals surface area contributed by atoms with Gasteiger partial charge in [-0.2, -0.15) is 13.2 Å². The highest BCUT2D eigenvalue weighted by molar-refractivity contribution is 6.51. The number of hydrogen-bond acceptors (Lipinski definition) is 0. The van der Waals surface area contributed by atoms with Crippen LogP contribution in [0.25, 0.3) is 0 Å². The molecule has 0 aliphatic heterocycles. The Hall–Kier alpha value is -0.393. The van der Waals surface area contributed by atoms with Gasteiger partial charge in [-0.05, 0) is 8.22 Å². The van der Waals surface area contributed by atoms with Crippen LogP contribution in [0.15, 0.2) is 11.5 Å². The molecule has 0 radical (unpaired) electrons. The largest absolute Gasteiger partial charge is 0.834 e. The first-order chi connectivity index (χ1) is 3.55. The van der Waals surface area contributed by atoms with Gasteiger partial charge in [-0.1, -0.05) is 0 Å². The summed E-state index contributed by atoms with van der Waals surface area (Å²) in [7, 11) is -4.55. The average Bonchev–Trinajstić information content (AvgIpc) is 1.64. The van der Waals surface area contributed by atoms with E-state index in [-0.39, 0.29) is 0 Å². The Morgan fingerprint density at radius 3 is 1.38 bits per heavy atom. The van der Waals surface area contributed by atoms with E-state index in [1.807, 2.05) is 0 Å². The van der Waals surface area contributed by atoms with Gasteiger partial charge in [-0.3, -0.25) is 0 Å². The van der Waals surface area contributed by atoms with Crippen molar-refractivity contribution in [2.24, 2.45) is 0 Å². The molecule has 0 aliphatic rings. The molecule has 0 fully saturated rings. The maximum absolute atomic E-state index is 11.1. The van der Waals surface area contributed by atoms with E-state index in [4.69, 9.17) is 0 Å². The molecule has 0 N–H and O–H groups in total. The highest BCUT2D eigenvalue weighted by atomic mass is 28.4. The molecule has 6 heteroatoms. The predicted octanol–water partition coefficient (Wildman–Crippen LogP) is 2.03. The molecule has 8 heavy (non-hydrogen) atoms. The third kappa shape index (κ3) is 2.06. The fourth-order valence-corrected chi connectivity index (χ4v) is 0.214. The topological polar surface area (TPSA) is 0 Å². The van der Waals surface area contributed by atoms with Crippen molar-refractivity contribution in [3.05, 3.63) is 11.5 Å². The third-order valence-corrected chi connectivity index (χ3v) is 0.853. The third-order valence-electron chi connectivity index (χ3n) is 0.332. The molecule has 0 rings (SSSR count). The van der Waals surface area contributed by atoms with Gasteiger partial charge in [0.2, 0.25) is 0 Å². The minimum atomic E-state index is -4.55. The smallest absolute Gasteiger partial charge is 0.167 e. The first-order valence-electron chi connectivity index (χ1n) is 1.44. The summed E-state index contributed by atoms with van der Waals surface area (Å²) in [5.74, 6) is 0. The summed E-state index contributed by atoms with van der Waals surface area (Å²) in [6.07, 6.45) is -2.91. The zero-order valence-corrected chi connectivity index (χ0v) is 4.39. The van der Waals surface area contributed by atoms with Crippen LogP contribution in [0, 0.1) is 0 Å². The predicted molar refractivity (Wildman–Crippen MR) is 18.3 cm³/mol. The highest BCUT2D eigenvalue weighted by Gasteiger charge is 2.43. The van der Waals surface area contributed by atoms with E-state index in [0.29, 0.717) is 0 Å². The molecule has 0 nitrogen and oxygen atoms in total. The maximum Gasteiger partial charge on any atom is 0.834 e. The molecule has 0 aromatic heterocycles. The molecule has 0 aromatic rings. The van der Waals surface area contributed by atoms with Gasteiger partial charge >= 0.3 is 21.0 Å². The van der Waals surface area contributed by atoms with Gasteiger partial charge in [0.25, 0.3) is 0 Å². The van der Waals surface area contributed by atoms with Gasteiger partial charge in [0.15, 0.2) is 0 Å². The molecular formula is C2F5Si+. The van der Waals surface area contributed by atoms with Crippen LogP contribution in [-0.2, 0) is 0 Å². The van der Waals surface area contributed by atoms with Crippen LogP contribution in [0.1, 0.15) is 0 Å². The Morgan fingerprint density at radius 1 is 1.00 bits per heavy atom. The molecule has 0 saturated heterocycles. The number of rotatable bonds is 1. The van der Waals surface area contributed by atoms with E-state index < -0.39 is 21.0 Å². The summed E-state index contributed by atoms with van der Waals surface area (Å²) in [6, 6.07) is 0. The molecule has 0 spiro atoms. The SMILES string of the molecule is FC(F)=C(F)[Si+](F)F. The van der Waals surface area contributed by atoms with Crippen LogP contribution in [-0.4, -0.2) is 9.46 Å². The Morgan fingerprint density at radius 2 is 1.38 bits per heavy atom. The minimum Gasteiger partial charge on any atom is -0.167 e. The van der Waals surface area contributed by atoms with Crippen molar-refractivity contribution in [1.82, 2.24) is 0 Å². The zero-order valence-electron chi connectivity index (χ0n) is 3.39. The first kappa shape index (κ1) is 7.61. The van der Waals surface area contributed by atoms with Gasteiger partial charge in [-0.25, -0.2) is 0 Å². The quantitative estimate of drug-likeness (QED) is 0.302.